The van der Waals surface area contributed by atoms with Crippen molar-refractivity contribution in [2.45, 2.75) is 58.5 Å². The van der Waals surface area contributed by atoms with Crippen LogP contribution in [0.2, 0.25) is 0 Å². The number of piperidine rings is 1. The molecule has 0 aliphatic carbocycles. The molecule has 2 aliphatic heterocycles. The van der Waals surface area contributed by atoms with Crippen molar-refractivity contribution in [2.24, 2.45) is 11.3 Å². The van der Waals surface area contributed by atoms with Gasteiger partial charge in [0.1, 0.15) is 0 Å². The van der Waals surface area contributed by atoms with Gasteiger partial charge in [-0.25, -0.2) is 0 Å². The van der Waals surface area contributed by atoms with Crippen LogP contribution in [0, 0.1) is 21.4 Å². The molecule has 1 fully saturated rings. The summed E-state index contributed by atoms with van der Waals surface area (Å²) in [7, 11) is 0. The maximum Gasteiger partial charge on any atom is 0.271 e. The summed E-state index contributed by atoms with van der Waals surface area (Å²) >= 11 is 0. The number of carbonyl (C=O) groups is 1. The van der Waals surface area contributed by atoms with Gasteiger partial charge in [-0.15, -0.1) is 0 Å². The summed E-state index contributed by atoms with van der Waals surface area (Å²) in [4.78, 5) is 30.8. The average molecular weight is 475 g/mol. The molecule has 35 heavy (non-hydrogen) atoms. The van der Waals surface area contributed by atoms with E-state index in [0.29, 0.717) is 0 Å². The van der Waals surface area contributed by atoms with E-state index in [-0.39, 0.29) is 39.9 Å². The molecule has 1 aromatic heterocycles. The molecule has 3 aromatic rings. The van der Waals surface area contributed by atoms with Crippen molar-refractivity contribution >= 4 is 22.5 Å². The number of aromatic amines is 1. The molecule has 1 saturated heterocycles. The fraction of sp³-hybridized carbons (Fsp3) is 0.464. The number of fused-ring (bicyclic) bond motifs is 5. The van der Waals surface area contributed by atoms with Gasteiger partial charge in [-0.1, -0.05) is 44.2 Å². The van der Waals surface area contributed by atoms with Gasteiger partial charge in [-0.05, 0) is 56.3 Å². The highest BCUT2D eigenvalue weighted by Crippen LogP contribution is 2.55. The molecule has 0 bridgehead atoms. The number of nitrogens with one attached hydrogen (secondary N) is 2. The highest BCUT2D eigenvalue weighted by molar-refractivity contribution is 5.87. The molecule has 0 spiro atoms. The Labute approximate surface area is 206 Å². The number of hydrogen-bond acceptors (Lipinski definition) is 4. The second kappa shape index (κ2) is 9.11. The van der Waals surface area contributed by atoms with Gasteiger partial charge >= 0.3 is 0 Å². The normalized spacial score (nSPS) is 23.8. The quantitative estimate of drug-likeness (QED) is 0.355. The van der Waals surface area contributed by atoms with E-state index in [1.165, 1.54) is 5.56 Å². The number of benzene rings is 2. The van der Waals surface area contributed by atoms with Gasteiger partial charge in [0.2, 0.25) is 5.91 Å². The van der Waals surface area contributed by atoms with E-state index in [1.807, 2.05) is 43.3 Å². The van der Waals surface area contributed by atoms with E-state index in [2.05, 4.69) is 29.0 Å². The molecule has 1 unspecified atom stereocenters. The van der Waals surface area contributed by atoms with Gasteiger partial charge in [-0.3, -0.25) is 19.8 Å². The number of hydrogen-bond donors (Lipinski definition) is 2. The van der Waals surface area contributed by atoms with Crippen LogP contribution in [0.3, 0.4) is 0 Å². The fourth-order valence-corrected chi connectivity index (χ4v) is 6.64. The van der Waals surface area contributed by atoms with Crippen LogP contribution in [0.15, 0.2) is 48.5 Å². The van der Waals surface area contributed by atoms with Crippen molar-refractivity contribution in [3.05, 3.63) is 75.5 Å². The van der Waals surface area contributed by atoms with Crippen LogP contribution in [-0.4, -0.2) is 33.8 Å². The summed E-state index contributed by atoms with van der Waals surface area (Å²) in [6.45, 7) is 8.28. The first kappa shape index (κ1) is 23.5. The Morgan fingerprint density at radius 1 is 1.23 bits per heavy atom. The summed E-state index contributed by atoms with van der Waals surface area (Å²) in [5, 5.41) is 15.7. The molecular formula is C28H34N4O3. The zero-order valence-electron chi connectivity index (χ0n) is 20.7. The average Bonchev–Trinajstić information content (AvgIpc) is 3.26. The van der Waals surface area contributed by atoms with E-state index in [1.54, 1.807) is 12.1 Å². The summed E-state index contributed by atoms with van der Waals surface area (Å²) in [5.74, 6) is -0.0953. The fourth-order valence-electron chi connectivity index (χ4n) is 6.64. The van der Waals surface area contributed by atoms with Gasteiger partial charge in [0.15, 0.2) is 0 Å². The summed E-state index contributed by atoms with van der Waals surface area (Å²) in [6.07, 6.45) is 3.84. The van der Waals surface area contributed by atoms with E-state index in [4.69, 9.17) is 0 Å². The zero-order chi connectivity index (χ0) is 24.7. The summed E-state index contributed by atoms with van der Waals surface area (Å²) in [6, 6.07) is 15.2. The molecule has 184 valence electrons. The van der Waals surface area contributed by atoms with E-state index in [9.17, 15) is 14.9 Å². The van der Waals surface area contributed by atoms with Gasteiger partial charge in [0.05, 0.1) is 22.5 Å². The molecule has 7 heteroatoms. The van der Waals surface area contributed by atoms with E-state index >= 15 is 0 Å². The first-order valence-electron chi connectivity index (χ1n) is 12.7. The molecule has 0 saturated carbocycles. The van der Waals surface area contributed by atoms with E-state index < -0.39 is 0 Å². The summed E-state index contributed by atoms with van der Waals surface area (Å²) in [5.41, 5.74) is 4.18. The van der Waals surface area contributed by atoms with Gasteiger partial charge in [-0.2, -0.15) is 0 Å². The Morgan fingerprint density at radius 3 is 2.71 bits per heavy atom. The second-order valence-corrected chi connectivity index (χ2v) is 10.2. The van der Waals surface area contributed by atoms with Crippen LogP contribution in [0.1, 0.15) is 68.9 Å². The lowest BCUT2D eigenvalue weighted by Crippen LogP contribution is -2.54. The number of H-pyrrole nitrogens is 1. The highest BCUT2D eigenvalue weighted by atomic mass is 16.6. The largest absolute Gasteiger partial charge is 0.357 e. The van der Waals surface area contributed by atoms with Crippen molar-refractivity contribution in [3.63, 3.8) is 0 Å². The molecule has 3 heterocycles. The minimum atomic E-state index is -0.344. The molecule has 2 N–H and O–H groups in total. The molecule has 2 aromatic carbocycles. The minimum absolute atomic E-state index is 0.0599. The molecule has 5 rings (SSSR count). The molecule has 2 aliphatic rings. The summed E-state index contributed by atoms with van der Waals surface area (Å²) < 4.78 is 0. The zero-order valence-corrected chi connectivity index (χ0v) is 20.7. The number of carbonyl (C=O) groups excluding carboxylic acids is 1. The standard InChI is InChI=1S/C28H34N4O3/c1-4-28(18(2)27(33)29-19(3)20-9-6-5-7-10-20)14-8-15-31-16-13-23-22-12-11-21(32(34)35)17-24(22)30-25(23)26(28)31/h5-7,9-12,17-19,26,30H,4,8,13-16H2,1-3H3,(H,29,33)/t18?,19-,26-,28+/m1/s1. The predicted molar refractivity (Wildman–Crippen MR) is 137 cm³/mol. The van der Waals surface area contributed by atoms with Crippen LogP contribution in [0.5, 0.6) is 0 Å². The number of rotatable bonds is 6. The maximum absolute atomic E-state index is 13.7. The maximum atomic E-state index is 13.7. The Bertz CT molecular complexity index is 1250. The molecule has 4 atom stereocenters. The number of nitro benzene ring substituents is 1. The van der Waals surface area contributed by atoms with Gasteiger partial charge < -0.3 is 10.3 Å². The third-order valence-corrected chi connectivity index (χ3v) is 8.63. The minimum Gasteiger partial charge on any atom is -0.357 e. The lowest BCUT2D eigenvalue weighted by molar-refractivity contribution is -0.384. The van der Waals surface area contributed by atoms with Crippen LogP contribution in [0.25, 0.3) is 10.9 Å². The number of non-ortho nitro benzene ring substituents is 1. The van der Waals surface area contributed by atoms with Gasteiger partial charge in [0, 0.05) is 41.1 Å². The Hall–Kier alpha value is -3.19. The van der Waals surface area contributed by atoms with Crippen LogP contribution in [0.4, 0.5) is 5.69 Å². The molecule has 7 nitrogen and oxygen atoms in total. The van der Waals surface area contributed by atoms with Crippen molar-refractivity contribution in [2.75, 3.05) is 13.1 Å². The lowest BCUT2D eigenvalue weighted by atomic mass is 9.61. The van der Waals surface area contributed by atoms with Crippen LogP contribution >= 0.6 is 0 Å². The second-order valence-electron chi connectivity index (χ2n) is 10.2. The smallest absolute Gasteiger partial charge is 0.271 e. The Balaban J connectivity index is 1.51. The molecule has 1 amide bonds. The van der Waals surface area contributed by atoms with E-state index in [0.717, 1.165) is 60.9 Å². The van der Waals surface area contributed by atoms with Crippen molar-refractivity contribution in [1.82, 2.24) is 15.2 Å². The monoisotopic (exact) mass is 474 g/mol. The van der Waals surface area contributed by atoms with Gasteiger partial charge in [0.25, 0.3) is 5.69 Å². The Kier molecular flexibility index (Phi) is 6.13. The number of amides is 1. The molecule has 0 radical (unpaired) electrons. The number of aromatic nitrogens is 1. The van der Waals surface area contributed by atoms with Crippen molar-refractivity contribution in [1.29, 1.82) is 0 Å². The van der Waals surface area contributed by atoms with Crippen LogP contribution in [-0.2, 0) is 11.2 Å². The van der Waals surface area contributed by atoms with Crippen molar-refractivity contribution < 1.29 is 9.72 Å². The predicted octanol–water partition coefficient (Wildman–Crippen LogP) is 5.68. The number of nitro groups is 1. The molecular weight excluding hydrogens is 440 g/mol. The Morgan fingerprint density at radius 2 is 2.00 bits per heavy atom. The SMILES string of the molecule is CC[C@@]1(C(C)C(=O)N[C@H](C)c2ccccc2)CCCN2CCc3c([nH]c4cc([N+](=O)[O-])ccc34)[C@@H]21. The van der Waals surface area contributed by atoms with Crippen LogP contribution < -0.4 is 5.32 Å². The van der Waals surface area contributed by atoms with Crippen molar-refractivity contribution in [3.8, 4) is 0 Å². The third-order valence-electron chi connectivity index (χ3n) is 8.63. The topological polar surface area (TPSA) is 91.3 Å². The number of nitrogens with zero attached hydrogens (tertiary/aromatic N) is 2. The first-order chi connectivity index (χ1) is 16.9. The third kappa shape index (κ3) is 3.92. The highest BCUT2D eigenvalue weighted by Gasteiger charge is 2.52. The lowest BCUT2D eigenvalue weighted by Gasteiger charge is -2.54. The first-order valence-corrected chi connectivity index (χ1v) is 12.7.